The third-order valence-corrected chi connectivity index (χ3v) is 3.94. The molecule has 0 unspecified atom stereocenters. The van der Waals surface area contributed by atoms with E-state index in [2.05, 4.69) is 4.98 Å². The van der Waals surface area contributed by atoms with E-state index in [0.717, 1.165) is 11.1 Å². The van der Waals surface area contributed by atoms with Gasteiger partial charge in [0.25, 0.3) is 0 Å². The van der Waals surface area contributed by atoms with E-state index in [1.54, 1.807) is 30.5 Å². The van der Waals surface area contributed by atoms with Crippen molar-refractivity contribution in [2.45, 2.75) is 0 Å². The molecule has 0 spiro atoms. The van der Waals surface area contributed by atoms with Gasteiger partial charge in [-0.15, -0.1) is 0 Å². The van der Waals surface area contributed by atoms with Gasteiger partial charge in [-0.05, 0) is 35.4 Å². The zero-order chi connectivity index (χ0) is 18.4. The van der Waals surface area contributed by atoms with Crippen LogP contribution in [0.3, 0.4) is 0 Å². The van der Waals surface area contributed by atoms with Gasteiger partial charge in [0.05, 0.1) is 10.7 Å². The van der Waals surface area contributed by atoms with Gasteiger partial charge in [-0.25, -0.2) is 4.79 Å². The number of H-pyrrole nitrogens is 1. The number of carbonyl (C=O) groups excluding carboxylic acids is 2. The number of rotatable bonds is 7. The molecule has 0 radical (unpaired) electrons. The molecule has 0 fully saturated rings. The van der Waals surface area contributed by atoms with Crippen molar-refractivity contribution < 1.29 is 19.1 Å². The molecule has 1 aromatic heterocycles. The summed E-state index contributed by atoms with van der Waals surface area (Å²) in [5.74, 6) is -0.583. The number of aromatic nitrogens is 1. The van der Waals surface area contributed by atoms with Crippen molar-refractivity contribution in [2.24, 2.45) is 0 Å². The molecule has 0 aliphatic carbocycles. The highest BCUT2D eigenvalue weighted by molar-refractivity contribution is 6.32. The first-order valence-corrected chi connectivity index (χ1v) is 8.31. The van der Waals surface area contributed by atoms with E-state index in [9.17, 15) is 9.59 Å². The number of aromatic amines is 1. The standard InChI is InChI=1S/C20H16ClNO4/c21-16-11-15(14-5-2-1-3-6-14)8-9-19(16)25-13-20(24)26-12-18(23)17-7-4-10-22-17/h1-11,22H,12-13H2. The number of hydrogen-bond acceptors (Lipinski definition) is 4. The first-order valence-electron chi connectivity index (χ1n) is 7.93. The predicted molar refractivity (Wildman–Crippen MR) is 98.5 cm³/mol. The van der Waals surface area contributed by atoms with Crippen LogP contribution in [0.4, 0.5) is 0 Å². The largest absolute Gasteiger partial charge is 0.480 e. The highest BCUT2D eigenvalue weighted by atomic mass is 35.5. The molecule has 2 aromatic carbocycles. The third kappa shape index (κ3) is 4.52. The molecule has 1 heterocycles. The number of carbonyl (C=O) groups is 2. The van der Waals surface area contributed by atoms with Gasteiger partial charge in [0.2, 0.25) is 5.78 Å². The number of ether oxygens (including phenoxy) is 2. The quantitative estimate of drug-likeness (QED) is 0.502. The van der Waals surface area contributed by atoms with Crippen LogP contribution in [0.15, 0.2) is 66.9 Å². The lowest BCUT2D eigenvalue weighted by Gasteiger charge is -2.09. The van der Waals surface area contributed by atoms with Crippen LogP contribution in [0.1, 0.15) is 10.5 Å². The minimum Gasteiger partial charge on any atom is -0.480 e. The van der Waals surface area contributed by atoms with Gasteiger partial charge < -0.3 is 14.5 Å². The maximum atomic E-state index is 11.7. The van der Waals surface area contributed by atoms with E-state index < -0.39 is 5.97 Å². The van der Waals surface area contributed by atoms with Crippen LogP contribution < -0.4 is 4.74 Å². The second-order valence-electron chi connectivity index (χ2n) is 5.47. The highest BCUT2D eigenvalue weighted by Gasteiger charge is 2.12. The Hall–Kier alpha value is -3.05. The van der Waals surface area contributed by atoms with Crippen LogP contribution in [-0.4, -0.2) is 30.0 Å². The Morgan fingerprint density at radius 1 is 0.923 bits per heavy atom. The third-order valence-electron chi connectivity index (χ3n) is 3.65. The van der Waals surface area contributed by atoms with Gasteiger partial charge in [0, 0.05) is 6.20 Å². The monoisotopic (exact) mass is 369 g/mol. The van der Waals surface area contributed by atoms with Crippen molar-refractivity contribution in [1.29, 1.82) is 0 Å². The van der Waals surface area contributed by atoms with Gasteiger partial charge in [0.1, 0.15) is 5.75 Å². The van der Waals surface area contributed by atoms with Gasteiger partial charge >= 0.3 is 5.97 Å². The fourth-order valence-electron chi connectivity index (χ4n) is 2.33. The molecule has 1 N–H and O–H groups in total. The molecule has 0 bridgehead atoms. The normalized spacial score (nSPS) is 10.3. The topological polar surface area (TPSA) is 68.4 Å². The summed E-state index contributed by atoms with van der Waals surface area (Å²) < 4.78 is 10.3. The average molecular weight is 370 g/mol. The Kier molecular flexibility index (Phi) is 5.71. The van der Waals surface area contributed by atoms with E-state index in [4.69, 9.17) is 21.1 Å². The summed E-state index contributed by atoms with van der Waals surface area (Å²) in [5.41, 5.74) is 2.36. The summed E-state index contributed by atoms with van der Waals surface area (Å²) in [4.78, 5) is 26.2. The lowest BCUT2D eigenvalue weighted by Crippen LogP contribution is -2.19. The van der Waals surface area contributed by atoms with Crippen molar-refractivity contribution >= 4 is 23.4 Å². The first-order chi connectivity index (χ1) is 12.6. The smallest absolute Gasteiger partial charge is 0.344 e. The minimum absolute atomic E-state index is 0.311. The molecule has 132 valence electrons. The molecule has 26 heavy (non-hydrogen) atoms. The van der Waals surface area contributed by atoms with Crippen molar-refractivity contribution in [3.63, 3.8) is 0 Å². The van der Waals surface area contributed by atoms with Crippen molar-refractivity contribution in [1.82, 2.24) is 4.98 Å². The SMILES string of the molecule is O=C(COc1ccc(-c2ccccc2)cc1Cl)OCC(=O)c1ccc[nH]1. The summed E-state index contributed by atoms with van der Waals surface area (Å²) in [7, 11) is 0. The van der Waals surface area contributed by atoms with Crippen molar-refractivity contribution in [3.05, 3.63) is 77.6 Å². The zero-order valence-electron chi connectivity index (χ0n) is 13.8. The van der Waals surface area contributed by atoms with E-state index in [-0.39, 0.29) is 19.0 Å². The lowest BCUT2D eigenvalue weighted by atomic mass is 10.1. The molecule has 0 saturated heterocycles. The number of esters is 1. The Balaban J connectivity index is 1.53. The second-order valence-corrected chi connectivity index (χ2v) is 5.87. The maximum Gasteiger partial charge on any atom is 0.344 e. The van der Waals surface area contributed by atoms with E-state index in [0.29, 0.717) is 16.5 Å². The molecule has 6 heteroatoms. The zero-order valence-corrected chi connectivity index (χ0v) is 14.5. The Bertz CT molecular complexity index is 891. The number of hydrogen-bond donors (Lipinski definition) is 1. The second kappa shape index (κ2) is 8.36. The molecule has 0 atom stereocenters. The molecule has 0 aliphatic rings. The highest BCUT2D eigenvalue weighted by Crippen LogP contribution is 2.30. The van der Waals surface area contributed by atoms with Crippen molar-refractivity contribution in [3.8, 4) is 16.9 Å². The van der Waals surface area contributed by atoms with E-state index in [1.165, 1.54) is 0 Å². The van der Waals surface area contributed by atoms with Crippen LogP contribution in [0.25, 0.3) is 11.1 Å². The molecule has 3 rings (SSSR count). The average Bonchev–Trinajstić information content (AvgIpc) is 3.20. The predicted octanol–water partition coefficient (Wildman–Crippen LogP) is 4.14. The summed E-state index contributed by atoms with van der Waals surface area (Å²) in [6.07, 6.45) is 1.62. The van der Waals surface area contributed by atoms with Gasteiger partial charge in [-0.3, -0.25) is 4.79 Å². The van der Waals surface area contributed by atoms with Crippen LogP contribution in [0.5, 0.6) is 5.75 Å². The number of halogens is 1. The molecule has 0 saturated carbocycles. The van der Waals surface area contributed by atoms with Crippen molar-refractivity contribution in [2.75, 3.05) is 13.2 Å². The fourth-order valence-corrected chi connectivity index (χ4v) is 2.57. The lowest BCUT2D eigenvalue weighted by molar-refractivity contribution is -0.144. The molecule has 5 nitrogen and oxygen atoms in total. The van der Waals surface area contributed by atoms with Crippen LogP contribution in [-0.2, 0) is 9.53 Å². The molecular weight excluding hydrogens is 354 g/mol. The maximum absolute atomic E-state index is 11.7. The Labute approximate surface area is 155 Å². The van der Waals surface area contributed by atoms with Gasteiger partial charge in [0.15, 0.2) is 13.2 Å². The summed E-state index contributed by atoms with van der Waals surface area (Å²) in [6, 6.07) is 18.4. The number of Topliss-reactive ketones (excluding diaryl/α,β-unsaturated/α-hetero) is 1. The van der Waals surface area contributed by atoms with Gasteiger partial charge in [-0.2, -0.15) is 0 Å². The molecular formula is C20H16ClNO4. The van der Waals surface area contributed by atoms with Gasteiger partial charge in [-0.1, -0.05) is 48.0 Å². The van der Waals surface area contributed by atoms with Crippen LogP contribution in [0.2, 0.25) is 5.02 Å². The number of benzene rings is 2. The van der Waals surface area contributed by atoms with Crippen LogP contribution in [0, 0.1) is 0 Å². The Morgan fingerprint density at radius 3 is 2.42 bits per heavy atom. The number of nitrogens with one attached hydrogen (secondary N) is 1. The minimum atomic E-state index is -0.645. The first kappa shape index (κ1) is 17.8. The Morgan fingerprint density at radius 2 is 1.73 bits per heavy atom. The molecule has 0 amide bonds. The fraction of sp³-hybridized carbons (Fsp3) is 0.100. The molecule has 3 aromatic rings. The van der Waals surface area contributed by atoms with Crippen LogP contribution >= 0.6 is 11.6 Å². The summed E-state index contributed by atoms with van der Waals surface area (Å²) >= 11 is 6.22. The summed E-state index contributed by atoms with van der Waals surface area (Å²) in [5, 5.41) is 0.390. The van der Waals surface area contributed by atoms with E-state index in [1.807, 2.05) is 36.4 Å². The molecule has 0 aliphatic heterocycles. The summed E-state index contributed by atoms with van der Waals surface area (Å²) in [6.45, 7) is -0.675. The number of ketones is 1. The van der Waals surface area contributed by atoms with E-state index >= 15 is 0 Å².